The molecule has 4 saturated heterocycles. The van der Waals surface area contributed by atoms with Gasteiger partial charge < -0.3 is 0 Å². The van der Waals surface area contributed by atoms with E-state index in [1.165, 1.54) is 13.0 Å². The van der Waals surface area contributed by atoms with Crippen LogP contribution in [0.3, 0.4) is 0 Å². The van der Waals surface area contributed by atoms with Crippen LogP contribution in [0.1, 0.15) is 13.3 Å². The number of carbonyl (C=O) groups excluding carboxylic acids is 1. The maximum Gasteiger partial charge on any atom is 0.148 e. The number of rotatable bonds is 1. The van der Waals surface area contributed by atoms with Gasteiger partial charge in [0, 0.05) is 24.7 Å². The van der Waals surface area contributed by atoms with Gasteiger partial charge >= 0.3 is 0 Å². The molecule has 0 amide bonds. The zero-order chi connectivity index (χ0) is 8.46. The summed E-state index contributed by atoms with van der Waals surface area (Å²) in [7, 11) is 2.10. The number of nitrogens with zero attached hydrogens (tertiary/aromatic N) is 2. The molecule has 4 fully saturated rings. The van der Waals surface area contributed by atoms with Crippen LogP contribution in [-0.4, -0.2) is 53.3 Å². The molecule has 0 saturated carbocycles. The Kier molecular flexibility index (Phi) is 1.12. The third-order valence-corrected chi connectivity index (χ3v) is 3.92. The fourth-order valence-electron chi connectivity index (χ4n) is 3.22. The van der Waals surface area contributed by atoms with Gasteiger partial charge in [0.25, 0.3) is 0 Å². The Morgan fingerprint density at radius 3 is 2.42 bits per heavy atom. The zero-order valence-corrected chi connectivity index (χ0v) is 7.53. The van der Waals surface area contributed by atoms with E-state index in [1.807, 2.05) is 0 Å². The number of hydrogen-bond donors (Lipinski definition) is 0. The van der Waals surface area contributed by atoms with Gasteiger partial charge in [-0.25, -0.2) is 0 Å². The van der Waals surface area contributed by atoms with Crippen molar-refractivity contribution in [3.63, 3.8) is 0 Å². The predicted octanol–water partition coefficient (Wildman–Crippen LogP) is -0.285. The number of Topliss-reactive ketones (excluding diaryl/α,β-unsaturated/α-hetero) is 1. The monoisotopic (exact) mass is 166 g/mol. The Hall–Kier alpha value is -0.410. The first-order chi connectivity index (χ1) is 5.70. The van der Waals surface area contributed by atoms with E-state index >= 15 is 0 Å². The van der Waals surface area contributed by atoms with Crippen molar-refractivity contribution in [1.29, 1.82) is 0 Å². The Bertz CT molecular complexity index is 251. The summed E-state index contributed by atoms with van der Waals surface area (Å²) in [4.78, 5) is 16.1. The molecule has 3 heteroatoms. The van der Waals surface area contributed by atoms with E-state index in [1.54, 1.807) is 6.92 Å². The molecule has 66 valence electrons. The van der Waals surface area contributed by atoms with E-state index in [0.29, 0.717) is 17.9 Å². The van der Waals surface area contributed by atoms with Crippen molar-refractivity contribution in [2.45, 2.75) is 37.5 Å². The van der Waals surface area contributed by atoms with Gasteiger partial charge in [-0.15, -0.1) is 0 Å². The van der Waals surface area contributed by atoms with Crippen molar-refractivity contribution in [2.75, 3.05) is 13.6 Å². The fraction of sp³-hybridized carbons (Fsp3) is 0.889. The molecule has 0 aromatic carbocycles. The molecule has 0 N–H and O–H groups in total. The average molecular weight is 166 g/mol. The van der Waals surface area contributed by atoms with E-state index in [0.717, 1.165) is 6.04 Å². The molecule has 3 nitrogen and oxygen atoms in total. The molecule has 4 heterocycles. The van der Waals surface area contributed by atoms with Crippen LogP contribution in [0.2, 0.25) is 0 Å². The minimum atomic E-state index is 0.203. The van der Waals surface area contributed by atoms with Crippen LogP contribution in [0, 0.1) is 0 Å². The van der Waals surface area contributed by atoms with E-state index in [4.69, 9.17) is 0 Å². The first-order valence-corrected chi connectivity index (χ1v) is 4.68. The summed E-state index contributed by atoms with van der Waals surface area (Å²) in [5, 5.41) is 0. The standard InChI is InChI=1S/C9H14N2O/c1-5(12)9-7-3-6-8(10(9)2)4-11(6)7/h6-9H,3-4H2,1-2H3. The second-order valence-corrected chi connectivity index (χ2v) is 4.36. The Morgan fingerprint density at radius 2 is 2.08 bits per heavy atom. The normalized spacial score (nSPS) is 51.2. The number of fused-ring (bicyclic) bond motifs is 1. The van der Waals surface area contributed by atoms with Crippen LogP contribution in [0.5, 0.6) is 0 Å². The highest BCUT2D eigenvalue weighted by Gasteiger charge is 2.63. The fourth-order valence-corrected chi connectivity index (χ4v) is 3.22. The van der Waals surface area contributed by atoms with Gasteiger partial charge in [0.05, 0.1) is 6.04 Å². The number of piperidine rings is 2. The third kappa shape index (κ3) is 0.559. The molecule has 0 aromatic rings. The van der Waals surface area contributed by atoms with Crippen molar-refractivity contribution in [3.05, 3.63) is 0 Å². The van der Waals surface area contributed by atoms with E-state index in [2.05, 4.69) is 16.8 Å². The molecule has 4 atom stereocenters. The summed E-state index contributed by atoms with van der Waals surface area (Å²) in [5.74, 6) is 0.343. The quantitative estimate of drug-likeness (QED) is 0.535. The Balaban J connectivity index is 1.90. The molecule has 0 radical (unpaired) electrons. The minimum absolute atomic E-state index is 0.203. The molecule has 0 spiro atoms. The Labute approximate surface area is 72.3 Å². The molecule has 4 aliphatic heterocycles. The maximum absolute atomic E-state index is 11.3. The van der Waals surface area contributed by atoms with Gasteiger partial charge in [-0.3, -0.25) is 14.6 Å². The third-order valence-electron chi connectivity index (χ3n) is 3.92. The summed E-state index contributed by atoms with van der Waals surface area (Å²) in [6.45, 7) is 2.93. The van der Waals surface area contributed by atoms with Gasteiger partial charge in [-0.1, -0.05) is 0 Å². The number of likely N-dealkylation sites (N-methyl/N-ethyl adjacent to an activating group) is 1. The van der Waals surface area contributed by atoms with Crippen LogP contribution in [0.15, 0.2) is 0 Å². The van der Waals surface area contributed by atoms with Crippen LogP contribution < -0.4 is 0 Å². The summed E-state index contributed by atoms with van der Waals surface area (Å²) >= 11 is 0. The second-order valence-electron chi connectivity index (χ2n) is 4.36. The lowest BCUT2D eigenvalue weighted by molar-refractivity contribution is -0.215. The number of piperazine rings is 2. The topological polar surface area (TPSA) is 23.6 Å². The lowest BCUT2D eigenvalue weighted by Crippen LogP contribution is -2.87. The smallest absolute Gasteiger partial charge is 0.148 e. The summed E-state index contributed by atoms with van der Waals surface area (Å²) in [5.41, 5.74) is 0. The Morgan fingerprint density at radius 1 is 1.33 bits per heavy atom. The molecule has 0 aliphatic carbocycles. The molecule has 4 bridgehead atoms. The second kappa shape index (κ2) is 1.91. The average Bonchev–Trinajstić information content (AvgIpc) is 1.98. The highest BCUT2D eigenvalue weighted by atomic mass is 16.1. The molecule has 0 aromatic heterocycles. The van der Waals surface area contributed by atoms with E-state index in [-0.39, 0.29) is 6.04 Å². The predicted molar refractivity (Wildman–Crippen MR) is 44.9 cm³/mol. The first-order valence-electron chi connectivity index (χ1n) is 4.68. The highest BCUT2D eigenvalue weighted by molar-refractivity contribution is 5.83. The van der Waals surface area contributed by atoms with Crippen molar-refractivity contribution in [1.82, 2.24) is 9.80 Å². The van der Waals surface area contributed by atoms with Crippen molar-refractivity contribution < 1.29 is 4.79 Å². The summed E-state index contributed by atoms with van der Waals surface area (Å²) in [6, 6.07) is 2.25. The van der Waals surface area contributed by atoms with Crippen LogP contribution in [0.4, 0.5) is 0 Å². The summed E-state index contributed by atoms with van der Waals surface area (Å²) < 4.78 is 0. The van der Waals surface area contributed by atoms with Crippen molar-refractivity contribution in [2.24, 2.45) is 0 Å². The summed E-state index contributed by atoms with van der Waals surface area (Å²) in [6.07, 6.45) is 1.26. The van der Waals surface area contributed by atoms with Crippen molar-refractivity contribution in [3.8, 4) is 0 Å². The highest BCUT2D eigenvalue weighted by Crippen LogP contribution is 2.47. The number of ketones is 1. The number of hydrogen-bond acceptors (Lipinski definition) is 3. The lowest BCUT2D eigenvalue weighted by Gasteiger charge is -2.71. The van der Waals surface area contributed by atoms with Gasteiger partial charge in [-0.2, -0.15) is 0 Å². The maximum atomic E-state index is 11.3. The van der Waals surface area contributed by atoms with Crippen molar-refractivity contribution >= 4 is 5.78 Å². The lowest BCUT2D eigenvalue weighted by atomic mass is 9.69. The molecular formula is C9H14N2O. The molecule has 4 rings (SSSR count). The largest absolute Gasteiger partial charge is 0.298 e. The van der Waals surface area contributed by atoms with Crippen LogP contribution in [0.25, 0.3) is 0 Å². The molecule has 12 heavy (non-hydrogen) atoms. The minimum Gasteiger partial charge on any atom is -0.298 e. The zero-order valence-electron chi connectivity index (χ0n) is 7.53. The molecular weight excluding hydrogens is 152 g/mol. The van der Waals surface area contributed by atoms with E-state index < -0.39 is 0 Å². The van der Waals surface area contributed by atoms with Gasteiger partial charge in [-0.05, 0) is 20.4 Å². The van der Waals surface area contributed by atoms with Gasteiger partial charge in [0.15, 0.2) is 0 Å². The van der Waals surface area contributed by atoms with Gasteiger partial charge in [0.1, 0.15) is 5.78 Å². The SMILES string of the molecule is CC(=O)C1C2CC3C(CN32)N1C. The first kappa shape index (κ1) is 7.04. The van der Waals surface area contributed by atoms with Crippen LogP contribution in [-0.2, 0) is 4.79 Å². The van der Waals surface area contributed by atoms with Gasteiger partial charge in [0.2, 0.25) is 0 Å². The van der Waals surface area contributed by atoms with Crippen LogP contribution >= 0.6 is 0 Å². The molecule has 4 unspecified atom stereocenters. The number of carbonyl (C=O) groups is 1. The molecule has 4 aliphatic rings. The van der Waals surface area contributed by atoms with E-state index in [9.17, 15) is 4.79 Å².